The molecule has 3 rings (SSSR count). The second kappa shape index (κ2) is 5.38. The maximum absolute atomic E-state index is 12.1. The number of hydrogen-bond donors (Lipinski definition) is 1. The Kier molecular flexibility index (Phi) is 3.59. The van der Waals surface area contributed by atoms with E-state index in [2.05, 4.69) is 27.6 Å². The van der Waals surface area contributed by atoms with Gasteiger partial charge in [0.25, 0.3) is 5.91 Å². The molecule has 0 saturated heterocycles. The molecule has 102 valence electrons. The normalized spacial score (nSPS) is 20.5. The van der Waals surface area contributed by atoms with E-state index in [4.69, 9.17) is 23.2 Å². The summed E-state index contributed by atoms with van der Waals surface area (Å²) in [5, 5.41) is 10.4. The monoisotopic (exact) mass is 307 g/mol. The van der Waals surface area contributed by atoms with Gasteiger partial charge in [0.15, 0.2) is 10.3 Å². The number of rotatable bonds is 3. The number of nitrogens with zero attached hydrogens (tertiary/aromatic N) is 2. The van der Waals surface area contributed by atoms with Gasteiger partial charge in [0.05, 0.1) is 5.56 Å². The molecule has 0 spiro atoms. The predicted molar refractivity (Wildman–Crippen MR) is 77.1 cm³/mol. The van der Waals surface area contributed by atoms with Gasteiger partial charge in [-0.25, -0.2) is 0 Å². The van der Waals surface area contributed by atoms with Crippen molar-refractivity contribution in [1.29, 1.82) is 0 Å². The van der Waals surface area contributed by atoms with Crippen LogP contribution in [0, 0.1) is 0 Å². The highest BCUT2D eigenvalue weighted by molar-refractivity contribution is 6.34. The van der Waals surface area contributed by atoms with Gasteiger partial charge in [-0.2, -0.15) is 0 Å². The summed E-state index contributed by atoms with van der Waals surface area (Å²) in [7, 11) is 0. The van der Waals surface area contributed by atoms with Crippen LogP contribution in [0.2, 0.25) is 10.3 Å². The number of carbonyl (C=O) groups is 1. The standard InChI is InChI=1S/C14H11Cl2N3O/c15-12-7-10(13(16)19-18-12)14(20)17-11-6-9(11)8-4-2-1-3-5-8/h1-5,7,9,11H,6H2,(H,17,20). The van der Waals surface area contributed by atoms with Crippen LogP contribution in [0.5, 0.6) is 0 Å². The molecule has 1 aromatic heterocycles. The van der Waals surface area contributed by atoms with Crippen LogP contribution in [0.15, 0.2) is 36.4 Å². The van der Waals surface area contributed by atoms with E-state index in [1.807, 2.05) is 18.2 Å². The Labute approximate surface area is 126 Å². The lowest BCUT2D eigenvalue weighted by Crippen LogP contribution is -2.27. The zero-order valence-electron chi connectivity index (χ0n) is 10.4. The minimum Gasteiger partial charge on any atom is -0.349 e. The number of carbonyl (C=O) groups excluding carboxylic acids is 1. The average Bonchev–Trinajstić information content (AvgIpc) is 3.21. The molecule has 0 radical (unpaired) electrons. The average molecular weight is 308 g/mol. The number of aromatic nitrogens is 2. The van der Waals surface area contributed by atoms with Gasteiger partial charge in [0.1, 0.15) is 0 Å². The maximum atomic E-state index is 12.1. The van der Waals surface area contributed by atoms with Crippen molar-refractivity contribution in [1.82, 2.24) is 15.5 Å². The number of hydrogen-bond acceptors (Lipinski definition) is 3. The zero-order chi connectivity index (χ0) is 14.1. The number of nitrogens with one attached hydrogen (secondary N) is 1. The van der Waals surface area contributed by atoms with E-state index in [9.17, 15) is 4.79 Å². The van der Waals surface area contributed by atoms with Crippen LogP contribution < -0.4 is 5.32 Å². The Hall–Kier alpha value is -1.65. The fraction of sp³-hybridized carbons (Fsp3) is 0.214. The SMILES string of the molecule is O=C(NC1CC1c1ccccc1)c1cc(Cl)nnc1Cl. The fourth-order valence-corrected chi connectivity index (χ4v) is 2.51. The molecule has 1 amide bonds. The summed E-state index contributed by atoms with van der Waals surface area (Å²) in [6, 6.07) is 11.7. The molecule has 1 aliphatic carbocycles. The Bertz CT molecular complexity index is 648. The van der Waals surface area contributed by atoms with Crippen molar-refractivity contribution in [2.24, 2.45) is 0 Å². The van der Waals surface area contributed by atoms with Crippen molar-refractivity contribution in [3.63, 3.8) is 0 Å². The van der Waals surface area contributed by atoms with E-state index in [1.165, 1.54) is 11.6 Å². The Morgan fingerprint density at radius 3 is 2.70 bits per heavy atom. The quantitative estimate of drug-likeness (QED) is 0.948. The molecule has 1 N–H and O–H groups in total. The van der Waals surface area contributed by atoms with Crippen LogP contribution in [-0.4, -0.2) is 22.1 Å². The smallest absolute Gasteiger partial charge is 0.254 e. The molecule has 2 atom stereocenters. The highest BCUT2D eigenvalue weighted by Gasteiger charge is 2.39. The first-order valence-corrected chi connectivity index (χ1v) is 6.95. The summed E-state index contributed by atoms with van der Waals surface area (Å²) in [6.45, 7) is 0. The predicted octanol–water partition coefficient (Wildman–Crippen LogP) is 3.07. The third-order valence-electron chi connectivity index (χ3n) is 3.30. The van der Waals surface area contributed by atoms with Gasteiger partial charge in [0.2, 0.25) is 0 Å². The molecule has 1 aliphatic rings. The van der Waals surface area contributed by atoms with E-state index >= 15 is 0 Å². The van der Waals surface area contributed by atoms with Crippen LogP contribution in [0.3, 0.4) is 0 Å². The van der Waals surface area contributed by atoms with E-state index in [1.54, 1.807) is 0 Å². The van der Waals surface area contributed by atoms with Gasteiger partial charge in [0, 0.05) is 12.0 Å². The molecular weight excluding hydrogens is 297 g/mol. The van der Waals surface area contributed by atoms with Gasteiger partial charge >= 0.3 is 0 Å². The summed E-state index contributed by atoms with van der Waals surface area (Å²) in [4.78, 5) is 12.1. The topological polar surface area (TPSA) is 54.9 Å². The molecule has 1 heterocycles. The van der Waals surface area contributed by atoms with Gasteiger partial charge in [-0.15, -0.1) is 10.2 Å². The lowest BCUT2D eigenvalue weighted by molar-refractivity contribution is 0.0950. The summed E-state index contributed by atoms with van der Waals surface area (Å²) in [6.07, 6.45) is 0.930. The summed E-state index contributed by atoms with van der Waals surface area (Å²) in [5.74, 6) is 0.0967. The lowest BCUT2D eigenvalue weighted by Gasteiger charge is -2.06. The molecule has 1 fully saturated rings. The van der Waals surface area contributed by atoms with Crippen LogP contribution in [0.4, 0.5) is 0 Å². The molecule has 2 aromatic rings. The van der Waals surface area contributed by atoms with E-state index < -0.39 is 0 Å². The van der Waals surface area contributed by atoms with Crippen molar-refractivity contribution >= 4 is 29.1 Å². The highest BCUT2D eigenvalue weighted by Crippen LogP contribution is 2.40. The first-order chi connectivity index (χ1) is 9.65. The van der Waals surface area contributed by atoms with E-state index in [-0.39, 0.29) is 27.8 Å². The molecule has 4 nitrogen and oxygen atoms in total. The molecule has 20 heavy (non-hydrogen) atoms. The molecule has 1 saturated carbocycles. The van der Waals surface area contributed by atoms with Gasteiger partial charge in [-0.1, -0.05) is 53.5 Å². The summed E-state index contributed by atoms with van der Waals surface area (Å²) in [5.41, 5.74) is 1.49. The summed E-state index contributed by atoms with van der Waals surface area (Å²) >= 11 is 11.6. The fourth-order valence-electron chi connectivity index (χ4n) is 2.18. The van der Waals surface area contributed by atoms with Gasteiger partial charge in [-0.05, 0) is 18.1 Å². The Morgan fingerprint density at radius 1 is 1.20 bits per heavy atom. The van der Waals surface area contributed by atoms with Crippen molar-refractivity contribution in [3.05, 3.63) is 57.8 Å². The lowest BCUT2D eigenvalue weighted by atomic mass is 10.1. The van der Waals surface area contributed by atoms with Crippen molar-refractivity contribution < 1.29 is 4.79 Å². The highest BCUT2D eigenvalue weighted by atomic mass is 35.5. The van der Waals surface area contributed by atoms with Crippen molar-refractivity contribution in [2.75, 3.05) is 0 Å². The Balaban J connectivity index is 1.68. The number of halogens is 2. The second-order valence-electron chi connectivity index (χ2n) is 4.70. The van der Waals surface area contributed by atoms with Crippen molar-refractivity contribution in [3.8, 4) is 0 Å². The van der Waals surface area contributed by atoms with E-state index in [0.717, 1.165) is 6.42 Å². The van der Waals surface area contributed by atoms with Crippen molar-refractivity contribution in [2.45, 2.75) is 18.4 Å². The third kappa shape index (κ3) is 2.76. The van der Waals surface area contributed by atoms with Gasteiger partial charge < -0.3 is 5.32 Å². The summed E-state index contributed by atoms with van der Waals surface area (Å²) < 4.78 is 0. The Morgan fingerprint density at radius 2 is 1.95 bits per heavy atom. The first-order valence-electron chi connectivity index (χ1n) is 6.19. The molecule has 1 aromatic carbocycles. The maximum Gasteiger partial charge on any atom is 0.254 e. The second-order valence-corrected chi connectivity index (χ2v) is 5.45. The van der Waals surface area contributed by atoms with Crippen LogP contribution in [-0.2, 0) is 0 Å². The zero-order valence-corrected chi connectivity index (χ0v) is 11.9. The number of amides is 1. The molecular formula is C14H11Cl2N3O. The molecule has 2 unspecified atom stereocenters. The largest absolute Gasteiger partial charge is 0.349 e. The molecule has 0 bridgehead atoms. The third-order valence-corrected chi connectivity index (χ3v) is 3.76. The molecule has 0 aliphatic heterocycles. The van der Waals surface area contributed by atoms with Crippen LogP contribution >= 0.6 is 23.2 Å². The number of benzene rings is 1. The minimum atomic E-state index is -0.268. The molecule has 6 heteroatoms. The minimum absolute atomic E-state index is 0.0591. The first kappa shape index (κ1) is 13.3. The van der Waals surface area contributed by atoms with Gasteiger partial charge in [-0.3, -0.25) is 4.79 Å². The van der Waals surface area contributed by atoms with Crippen LogP contribution in [0.1, 0.15) is 28.3 Å². The van der Waals surface area contributed by atoms with Crippen LogP contribution in [0.25, 0.3) is 0 Å². The van der Waals surface area contributed by atoms with E-state index in [0.29, 0.717) is 5.92 Å².